The lowest BCUT2D eigenvalue weighted by Crippen LogP contribution is -2.17. The Kier molecular flexibility index (Phi) is 4.18. The zero-order chi connectivity index (χ0) is 17.9. The first-order valence-corrected chi connectivity index (χ1v) is 8.25. The fourth-order valence-corrected chi connectivity index (χ4v) is 2.97. The minimum absolute atomic E-state index is 0.366. The SMILES string of the molecule is COC(=O)c1ccc(Nc2cnnc(N3CCc4ccccc43)n2)cc1. The average Bonchev–Trinajstić information content (AvgIpc) is 3.12. The van der Waals surface area contributed by atoms with E-state index in [2.05, 4.69) is 37.5 Å². The number of fused-ring (bicyclic) bond motifs is 1. The number of anilines is 4. The Morgan fingerprint density at radius 1 is 1.15 bits per heavy atom. The van der Waals surface area contributed by atoms with E-state index in [-0.39, 0.29) is 5.97 Å². The molecule has 4 rings (SSSR count). The molecule has 0 unspecified atom stereocenters. The maximum absolute atomic E-state index is 11.5. The van der Waals surface area contributed by atoms with E-state index in [9.17, 15) is 4.79 Å². The van der Waals surface area contributed by atoms with E-state index in [0.717, 1.165) is 24.3 Å². The van der Waals surface area contributed by atoms with Crippen molar-refractivity contribution in [1.82, 2.24) is 15.2 Å². The molecule has 0 fully saturated rings. The highest BCUT2D eigenvalue weighted by Gasteiger charge is 2.22. The van der Waals surface area contributed by atoms with E-state index >= 15 is 0 Å². The van der Waals surface area contributed by atoms with Crippen LogP contribution in [0, 0.1) is 0 Å². The summed E-state index contributed by atoms with van der Waals surface area (Å²) in [6.07, 6.45) is 2.53. The number of hydrogen-bond donors (Lipinski definition) is 1. The molecule has 2 heterocycles. The lowest BCUT2D eigenvalue weighted by molar-refractivity contribution is 0.0601. The fourth-order valence-electron chi connectivity index (χ4n) is 2.97. The molecule has 7 heteroatoms. The molecule has 1 N–H and O–H groups in total. The molecule has 2 aromatic carbocycles. The molecule has 0 saturated carbocycles. The number of esters is 1. The number of ether oxygens (including phenoxy) is 1. The number of aromatic nitrogens is 3. The van der Waals surface area contributed by atoms with Gasteiger partial charge in [-0.2, -0.15) is 10.1 Å². The molecular formula is C19H17N5O2. The first-order valence-electron chi connectivity index (χ1n) is 8.25. The molecule has 0 saturated heterocycles. The normalized spacial score (nSPS) is 12.6. The van der Waals surface area contributed by atoms with Gasteiger partial charge >= 0.3 is 5.97 Å². The van der Waals surface area contributed by atoms with Gasteiger partial charge in [-0.1, -0.05) is 18.2 Å². The second-order valence-corrected chi connectivity index (χ2v) is 5.87. The molecular weight excluding hydrogens is 330 g/mol. The minimum atomic E-state index is -0.366. The van der Waals surface area contributed by atoms with Crippen LogP contribution in [0.1, 0.15) is 15.9 Å². The van der Waals surface area contributed by atoms with Crippen LogP contribution in [0.3, 0.4) is 0 Å². The highest BCUT2D eigenvalue weighted by Crippen LogP contribution is 2.32. The average molecular weight is 347 g/mol. The number of carbonyl (C=O) groups excluding carboxylic acids is 1. The van der Waals surface area contributed by atoms with Crippen LogP contribution >= 0.6 is 0 Å². The predicted molar refractivity (Wildman–Crippen MR) is 98.0 cm³/mol. The zero-order valence-corrected chi connectivity index (χ0v) is 14.2. The second-order valence-electron chi connectivity index (χ2n) is 5.87. The molecule has 130 valence electrons. The van der Waals surface area contributed by atoms with Gasteiger partial charge in [0.05, 0.1) is 18.9 Å². The zero-order valence-electron chi connectivity index (χ0n) is 14.2. The van der Waals surface area contributed by atoms with Crippen molar-refractivity contribution in [3.8, 4) is 0 Å². The lowest BCUT2D eigenvalue weighted by atomic mass is 10.2. The van der Waals surface area contributed by atoms with Gasteiger partial charge in [0.15, 0.2) is 5.82 Å². The Morgan fingerprint density at radius 3 is 2.77 bits per heavy atom. The van der Waals surface area contributed by atoms with Crippen molar-refractivity contribution in [2.75, 3.05) is 23.9 Å². The molecule has 0 atom stereocenters. The number of para-hydroxylation sites is 1. The molecule has 0 amide bonds. The van der Waals surface area contributed by atoms with Crippen molar-refractivity contribution >= 4 is 29.1 Å². The largest absolute Gasteiger partial charge is 0.465 e. The third kappa shape index (κ3) is 3.06. The topological polar surface area (TPSA) is 80.2 Å². The summed E-state index contributed by atoms with van der Waals surface area (Å²) in [7, 11) is 1.36. The minimum Gasteiger partial charge on any atom is -0.465 e. The summed E-state index contributed by atoms with van der Waals surface area (Å²) in [5, 5.41) is 11.4. The number of nitrogens with one attached hydrogen (secondary N) is 1. The van der Waals surface area contributed by atoms with Crippen LogP contribution in [0.5, 0.6) is 0 Å². The fraction of sp³-hybridized carbons (Fsp3) is 0.158. The van der Waals surface area contributed by atoms with E-state index in [1.165, 1.54) is 12.7 Å². The molecule has 1 aromatic heterocycles. The smallest absolute Gasteiger partial charge is 0.337 e. The monoisotopic (exact) mass is 347 g/mol. The maximum atomic E-state index is 11.5. The molecule has 0 radical (unpaired) electrons. The second kappa shape index (κ2) is 6.79. The van der Waals surface area contributed by atoms with Gasteiger partial charge in [0.2, 0.25) is 0 Å². The quantitative estimate of drug-likeness (QED) is 0.726. The summed E-state index contributed by atoms with van der Waals surface area (Å²) >= 11 is 0. The standard InChI is InChI=1S/C19H17N5O2/c1-26-18(25)14-6-8-15(9-7-14)21-17-12-20-23-19(22-17)24-11-10-13-4-2-3-5-16(13)24/h2-9,12H,10-11H2,1H3,(H,21,22,23). The molecule has 0 spiro atoms. The van der Waals surface area contributed by atoms with Crippen molar-refractivity contribution in [1.29, 1.82) is 0 Å². The van der Waals surface area contributed by atoms with Gasteiger partial charge in [-0.15, -0.1) is 5.10 Å². The maximum Gasteiger partial charge on any atom is 0.337 e. The first-order chi connectivity index (χ1) is 12.7. The summed E-state index contributed by atoms with van der Waals surface area (Å²) in [6, 6.07) is 15.2. The van der Waals surface area contributed by atoms with Crippen LogP contribution in [-0.4, -0.2) is 34.8 Å². The van der Waals surface area contributed by atoms with E-state index in [0.29, 0.717) is 17.3 Å². The summed E-state index contributed by atoms with van der Waals surface area (Å²) in [6.45, 7) is 0.832. The Hall–Kier alpha value is -3.48. The van der Waals surface area contributed by atoms with Crippen molar-refractivity contribution in [2.45, 2.75) is 6.42 Å². The van der Waals surface area contributed by atoms with Crippen molar-refractivity contribution in [2.24, 2.45) is 0 Å². The molecule has 1 aliphatic heterocycles. The van der Waals surface area contributed by atoms with Crippen molar-refractivity contribution in [3.05, 3.63) is 65.9 Å². The summed E-state index contributed by atoms with van der Waals surface area (Å²) in [4.78, 5) is 18.1. The van der Waals surface area contributed by atoms with Crippen molar-refractivity contribution < 1.29 is 9.53 Å². The number of nitrogens with zero attached hydrogens (tertiary/aromatic N) is 4. The first kappa shape index (κ1) is 16.0. The van der Waals surface area contributed by atoms with Gasteiger partial charge in [-0.3, -0.25) is 0 Å². The third-order valence-electron chi connectivity index (χ3n) is 4.25. The van der Waals surface area contributed by atoms with Gasteiger partial charge in [0, 0.05) is 17.9 Å². The van der Waals surface area contributed by atoms with Gasteiger partial charge < -0.3 is 15.0 Å². The number of rotatable bonds is 4. The van der Waals surface area contributed by atoms with E-state index in [1.54, 1.807) is 30.5 Å². The van der Waals surface area contributed by atoms with E-state index in [4.69, 9.17) is 4.74 Å². The Labute approximate surface area is 150 Å². The van der Waals surface area contributed by atoms with Crippen LogP contribution in [-0.2, 0) is 11.2 Å². The van der Waals surface area contributed by atoms with Crippen LogP contribution in [0.4, 0.5) is 23.1 Å². The summed E-state index contributed by atoms with van der Waals surface area (Å²) in [5.74, 6) is 0.784. The predicted octanol–water partition coefficient (Wildman–Crippen LogP) is 3.10. The van der Waals surface area contributed by atoms with Gasteiger partial charge in [-0.05, 0) is 42.3 Å². The Morgan fingerprint density at radius 2 is 1.96 bits per heavy atom. The number of carbonyl (C=O) groups is 1. The Bertz CT molecular complexity index is 943. The Balaban J connectivity index is 1.54. The molecule has 7 nitrogen and oxygen atoms in total. The van der Waals surface area contributed by atoms with Crippen LogP contribution in [0.15, 0.2) is 54.7 Å². The number of methoxy groups -OCH3 is 1. The molecule has 0 aliphatic carbocycles. The van der Waals surface area contributed by atoms with Crippen molar-refractivity contribution in [3.63, 3.8) is 0 Å². The van der Waals surface area contributed by atoms with Gasteiger partial charge in [0.25, 0.3) is 5.95 Å². The molecule has 1 aliphatic rings. The summed E-state index contributed by atoms with van der Waals surface area (Å²) in [5.41, 5.74) is 3.70. The highest BCUT2D eigenvalue weighted by atomic mass is 16.5. The van der Waals surface area contributed by atoms with Crippen LogP contribution < -0.4 is 10.2 Å². The van der Waals surface area contributed by atoms with E-state index in [1.807, 2.05) is 12.1 Å². The third-order valence-corrected chi connectivity index (χ3v) is 4.25. The lowest BCUT2D eigenvalue weighted by Gasteiger charge is -2.17. The molecule has 3 aromatic rings. The molecule has 0 bridgehead atoms. The number of benzene rings is 2. The van der Waals surface area contributed by atoms with E-state index < -0.39 is 0 Å². The van der Waals surface area contributed by atoms with Gasteiger partial charge in [-0.25, -0.2) is 4.79 Å². The highest BCUT2D eigenvalue weighted by molar-refractivity contribution is 5.89. The summed E-state index contributed by atoms with van der Waals surface area (Å²) < 4.78 is 4.70. The molecule has 26 heavy (non-hydrogen) atoms. The van der Waals surface area contributed by atoms with Gasteiger partial charge in [0.1, 0.15) is 0 Å². The van der Waals surface area contributed by atoms with Crippen LogP contribution in [0.2, 0.25) is 0 Å². The number of hydrogen-bond acceptors (Lipinski definition) is 7. The van der Waals surface area contributed by atoms with Crippen LogP contribution in [0.25, 0.3) is 0 Å².